The fraction of sp³-hybridized carbons (Fsp3) is 0.167. The second kappa shape index (κ2) is 8.75. The average molecular weight is 364 g/mol. The van der Waals surface area contributed by atoms with E-state index in [1.807, 2.05) is 42.5 Å². The van der Waals surface area contributed by atoms with E-state index >= 15 is 0 Å². The van der Waals surface area contributed by atoms with Gasteiger partial charge in [0.05, 0.1) is 17.7 Å². The Morgan fingerprint density at radius 3 is 2.32 bits per heavy atom. The van der Waals surface area contributed by atoms with Gasteiger partial charge in [-0.15, -0.1) is 0 Å². The van der Waals surface area contributed by atoms with E-state index in [0.717, 1.165) is 29.1 Å². The summed E-state index contributed by atoms with van der Waals surface area (Å²) in [4.78, 5) is 9.12. The van der Waals surface area contributed by atoms with E-state index in [-0.39, 0.29) is 0 Å². The number of aryl methyl sites for hydroxylation is 2. The summed E-state index contributed by atoms with van der Waals surface area (Å²) < 4.78 is 0. The van der Waals surface area contributed by atoms with Gasteiger partial charge in [-0.05, 0) is 65.9 Å². The first-order valence-corrected chi connectivity index (χ1v) is 9.05. The van der Waals surface area contributed by atoms with Crippen molar-refractivity contribution < 1.29 is 0 Å². The molecule has 3 rings (SSSR count). The van der Waals surface area contributed by atoms with Crippen LogP contribution in [-0.2, 0) is 12.8 Å². The van der Waals surface area contributed by atoms with Crippen molar-refractivity contribution in [1.29, 1.82) is 10.5 Å². The lowest BCUT2D eigenvalue weighted by atomic mass is 9.95. The largest absolute Gasteiger partial charge is 0.241 e. The van der Waals surface area contributed by atoms with Crippen molar-refractivity contribution in [3.05, 3.63) is 99.6 Å². The van der Waals surface area contributed by atoms with E-state index in [2.05, 4.69) is 37.0 Å². The molecule has 0 radical (unpaired) electrons. The van der Waals surface area contributed by atoms with Crippen molar-refractivity contribution >= 4 is 6.08 Å². The quantitative estimate of drug-likeness (QED) is 0.616. The maximum absolute atomic E-state index is 8.91. The van der Waals surface area contributed by atoms with Crippen LogP contribution >= 0.6 is 0 Å². The summed E-state index contributed by atoms with van der Waals surface area (Å²) >= 11 is 0. The molecule has 0 bridgehead atoms. The number of hydrogen-bond donors (Lipinski definition) is 0. The van der Waals surface area contributed by atoms with Crippen LogP contribution in [0.4, 0.5) is 0 Å². The molecule has 1 heterocycles. The number of allylic oxidation sites excluding steroid dienone is 1. The molecule has 0 amide bonds. The number of nitriles is 2. The van der Waals surface area contributed by atoms with Crippen molar-refractivity contribution in [2.45, 2.75) is 26.7 Å². The first-order valence-electron chi connectivity index (χ1n) is 9.05. The molecule has 0 saturated heterocycles. The minimum atomic E-state index is 0.634. The lowest BCUT2D eigenvalue weighted by Gasteiger charge is -2.12. The van der Waals surface area contributed by atoms with Crippen molar-refractivity contribution in [1.82, 2.24) is 9.97 Å². The van der Waals surface area contributed by atoms with Gasteiger partial charge < -0.3 is 0 Å². The molecule has 0 N–H and O–H groups in total. The number of aromatic nitrogens is 2. The van der Waals surface area contributed by atoms with Gasteiger partial charge >= 0.3 is 0 Å². The SMILES string of the molecule is Cc1cc(/C=C\C#N)cc(C)c1Cc1ccnc(Cc2ccc(C#N)cc2)n1. The summed E-state index contributed by atoms with van der Waals surface area (Å²) in [5.74, 6) is 0.770. The highest BCUT2D eigenvalue weighted by atomic mass is 14.9. The minimum Gasteiger partial charge on any atom is -0.241 e. The standard InChI is InChI=1S/C24H20N4/c1-17-12-21(4-3-10-25)13-18(2)23(17)15-22-9-11-27-24(28-22)14-19-5-7-20(16-26)8-6-19/h3-9,11-13H,14-15H2,1-2H3/b4-3-. The predicted molar refractivity (Wildman–Crippen MR) is 109 cm³/mol. The number of hydrogen-bond acceptors (Lipinski definition) is 4. The Kier molecular flexibility index (Phi) is 5.94. The molecule has 3 aromatic rings. The molecule has 4 heteroatoms. The highest BCUT2D eigenvalue weighted by Gasteiger charge is 2.08. The Morgan fingerprint density at radius 1 is 0.964 bits per heavy atom. The molecule has 28 heavy (non-hydrogen) atoms. The van der Waals surface area contributed by atoms with E-state index < -0.39 is 0 Å². The highest BCUT2D eigenvalue weighted by molar-refractivity contribution is 5.56. The number of rotatable bonds is 5. The van der Waals surface area contributed by atoms with Gasteiger partial charge in [0, 0.05) is 30.8 Å². The van der Waals surface area contributed by atoms with Crippen LogP contribution in [0.25, 0.3) is 6.08 Å². The van der Waals surface area contributed by atoms with Crippen LogP contribution in [0.1, 0.15) is 44.9 Å². The summed E-state index contributed by atoms with van der Waals surface area (Å²) in [7, 11) is 0. The molecule has 136 valence electrons. The van der Waals surface area contributed by atoms with E-state index in [9.17, 15) is 0 Å². The van der Waals surface area contributed by atoms with Gasteiger partial charge in [-0.25, -0.2) is 9.97 Å². The minimum absolute atomic E-state index is 0.634. The fourth-order valence-electron chi connectivity index (χ4n) is 3.22. The first-order chi connectivity index (χ1) is 13.6. The molecule has 0 fully saturated rings. The molecule has 0 unspecified atom stereocenters. The Morgan fingerprint density at radius 2 is 1.68 bits per heavy atom. The summed E-state index contributed by atoms with van der Waals surface area (Å²) in [5, 5.41) is 17.6. The van der Waals surface area contributed by atoms with Crippen LogP contribution in [0, 0.1) is 36.5 Å². The zero-order valence-corrected chi connectivity index (χ0v) is 16.0. The molecular formula is C24H20N4. The van der Waals surface area contributed by atoms with Crippen molar-refractivity contribution in [3.63, 3.8) is 0 Å². The normalized spacial score (nSPS) is 10.6. The zero-order chi connectivity index (χ0) is 19.9. The van der Waals surface area contributed by atoms with Crippen LogP contribution in [0.2, 0.25) is 0 Å². The highest BCUT2D eigenvalue weighted by Crippen LogP contribution is 2.21. The third kappa shape index (κ3) is 4.69. The molecule has 0 spiro atoms. The smallest absolute Gasteiger partial charge is 0.132 e. The fourth-order valence-corrected chi connectivity index (χ4v) is 3.22. The molecule has 0 atom stereocenters. The topological polar surface area (TPSA) is 73.4 Å². The van der Waals surface area contributed by atoms with Crippen LogP contribution < -0.4 is 0 Å². The number of benzene rings is 2. The van der Waals surface area contributed by atoms with Gasteiger partial charge in [0.25, 0.3) is 0 Å². The summed E-state index contributed by atoms with van der Waals surface area (Å²) in [6.07, 6.45) is 6.49. The van der Waals surface area contributed by atoms with Crippen molar-refractivity contribution in [2.75, 3.05) is 0 Å². The van der Waals surface area contributed by atoms with Crippen LogP contribution in [0.3, 0.4) is 0 Å². The lowest BCUT2D eigenvalue weighted by molar-refractivity contribution is 0.912. The Bertz CT molecular complexity index is 1070. The maximum Gasteiger partial charge on any atom is 0.132 e. The van der Waals surface area contributed by atoms with Gasteiger partial charge in [-0.1, -0.05) is 24.3 Å². The molecule has 4 nitrogen and oxygen atoms in total. The zero-order valence-electron chi connectivity index (χ0n) is 16.0. The van der Waals surface area contributed by atoms with E-state index in [1.165, 1.54) is 22.8 Å². The van der Waals surface area contributed by atoms with Crippen LogP contribution in [0.5, 0.6) is 0 Å². The van der Waals surface area contributed by atoms with E-state index in [0.29, 0.717) is 12.0 Å². The number of nitrogens with zero attached hydrogens (tertiary/aromatic N) is 4. The second-order valence-corrected chi connectivity index (χ2v) is 6.72. The van der Waals surface area contributed by atoms with E-state index in [4.69, 9.17) is 15.5 Å². The van der Waals surface area contributed by atoms with Gasteiger partial charge in [0.2, 0.25) is 0 Å². The third-order valence-electron chi connectivity index (χ3n) is 4.63. The van der Waals surface area contributed by atoms with Crippen LogP contribution in [0.15, 0.2) is 54.7 Å². The summed E-state index contributed by atoms with van der Waals surface area (Å²) in [6, 6.07) is 17.8. The average Bonchev–Trinajstić information content (AvgIpc) is 2.70. The first kappa shape index (κ1) is 19.0. The molecule has 0 aliphatic carbocycles. The maximum atomic E-state index is 8.91. The van der Waals surface area contributed by atoms with Gasteiger partial charge in [-0.2, -0.15) is 10.5 Å². The molecule has 1 aromatic heterocycles. The molecule has 0 aliphatic heterocycles. The van der Waals surface area contributed by atoms with Crippen molar-refractivity contribution in [3.8, 4) is 12.1 Å². The van der Waals surface area contributed by atoms with Crippen molar-refractivity contribution in [2.24, 2.45) is 0 Å². The van der Waals surface area contributed by atoms with Gasteiger partial charge in [-0.3, -0.25) is 0 Å². The van der Waals surface area contributed by atoms with Crippen LogP contribution in [-0.4, -0.2) is 9.97 Å². The van der Waals surface area contributed by atoms with Gasteiger partial charge in [0.15, 0.2) is 0 Å². The second-order valence-electron chi connectivity index (χ2n) is 6.72. The summed E-state index contributed by atoms with van der Waals surface area (Å²) in [6.45, 7) is 4.18. The monoisotopic (exact) mass is 364 g/mol. The Hall–Kier alpha value is -3.76. The summed E-state index contributed by atoms with van der Waals surface area (Å²) in [5.41, 5.74) is 7.36. The molecule has 0 aliphatic rings. The Labute approximate surface area is 165 Å². The predicted octanol–water partition coefficient (Wildman–Crippen LogP) is 4.68. The molecule has 2 aromatic carbocycles. The third-order valence-corrected chi connectivity index (χ3v) is 4.63. The molecular weight excluding hydrogens is 344 g/mol. The van der Waals surface area contributed by atoms with Gasteiger partial charge in [0.1, 0.15) is 5.82 Å². The molecule has 0 saturated carbocycles. The Balaban J connectivity index is 1.80. The lowest BCUT2D eigenvalue weighted by Crippen LogP contribution is -2.03. The van der Waals surface area contributed by atoms with E-state index in [1.54, 1.807) is 6.20 Å².